The van der Waals surface area contributed by atoms with Gasteiger partial charge in [0, 0.05) is 20.1 Å². The van der Waals surface area contributed by atoms with Crippen molar-refractivity contribution in [2.24, 2.45) is 0 Å². The molecule has 90 valence electrons. The van der Waals surface area contributed by atoms with Crippen LogP contribution in [0.4, 0.5) is 0 Å². The first-order valence-electron chi connectivity index (χ1n) is 5.35. The number of cyclic esters (lactones) is 1. The Labute approximate surface area is 96.6 Å². The Kier molecular flexibility index (Phi) is 3.91. The molecule has 1 rings (SSSR count). The van der Waals surface area contributed by atoms with Gasteiger partial charge in [0.25, 0.3) is 0 Å². The molecule has 1 fully saturated rings. The summed E-state index contributed by atoms with van der Waals surface area (Å²) < 4.78 is 9.75. The Bertz CT molecular complexity index is 316. The topological polar surface area (TPSA) is 52.6 Å². The Morgan fingerprint density at radius 1 is 1.56 bits per heavy atom. The molecule has 1 unspecified atom stereocenters. The molecule has 1 atom stereocenters. The van der Waals surface area contributed by atoms with Crippen LogP contribution in [-0.2, 0) is 19.1 Å². The molecule has 1 aliphatic heterocycles. The number of esters is 2. The van der Waals surface area contributed by atoms with E-state index in [1.807, 2.05) is 0 Å². The van der Waals surface area contributed by atoms with Crippen molar-refractivity contribution in [3.05, 3.63) is 12.2 Å². The molecule has 0 aromatic heterocycles. The zero-order valence-electron chi connectivity index (χ0n) is 10.0. The van der Waals surface area contributed by atoms with Crippen molar-refractivity contribution in [2.45, 2.75) is 38.2 Å². The average molecular weight is 242 g/mol. The van der Waals surface area contributed by atoms with Crippen molar-refractivity contribution < 1.29 is 19.1 Å². The van der Waals surface area contributed by atoms with Crippen LogP contribution >= 0.6 is 0 Å². The SMILES string of the molecule is C=C(C[Si](C)(C)C)C(=O)OC1CCOC1=O. The first-order chi connectivity index (χ1) is 7.29. The summed E-state index contributed by atoms with van der Waals surface area (Å²) in [6, 6.07) is 0.688. The fourth-order valence-corrected chi connectivity index (χ4v) is 2.93. The number of carbonyl (C=O) groups excluding carboxylic acids is 2. The van der Waals surface area contributed by atoms with Crippen molar-refractivity contribution in [1.29, 1.82) is 0 Å². The van der Waals surface area contributed by atoms with Crippen molar-refractivity contribution in [3.63, 3.8) is 0 Å². The van der Waals surface area contributed by atoms with Crippen LogP contribution in [0.5, 0.6) is 0 Å². The van der Waals surface area contributed by atoms with Crippen LogP contribution in [0.2, 0.25) is 25.7 Å². The second-order valence-electron chi connectivity index (χ2n) is 5.19. The van der Waals surface area contributed by atoms with Gasteiger partial charge in [-0.2, -0.15) is 0 Å². The Balaban J connectivity index is 2.46. The van der Waals surface area contributed by atoms with Crippen LogP contribution in [0, 0.1) is 0 Å². The third-order valence-electron chi connectivity index (χ3n) is 2.17. The van der Waals surface area contributed by atoms with Crippen LogP contribution in [-0.4, -0.2) is 32.7 Å². The van der Waals surface area contributed by atoms with Crippen molar-refractivity contribution in [3.8, 4) is 0 Å². The van der Waals surface area contributed by atoms with E-state index in [2.05, 4.69) is 26.2 Å². The molecule has 1 saturated heterocycles. The van der Waals surface area contributed by atoms with Gasteiger partial charge in [0.2, 0.25) is 6.10 Å². The third-order valence-corrected chi connectivity index (χ3v) is 3.66. The van der Waals surface area contributed by atoms with Gasteiger partial charge in [0.1, 0.15) is 0 Å². The highest BCUT2D eigenvalue weighted by molar-refractivity contribution is 6.77. The second kappa shape index (κ2) is 4.82. The van der Waals surface area contributed by atoms with Gasteiger partial charge >= 0.3 is 11.9 Å². The lowest BCUT2D eigenvalue weighted by molar-refractivity contribution is -0.157. The van der Waals surface area contributed by atoms with Gasteiger partial charge < -0.3 is 9.47 Å². The molecule has 0 spiro atoms. The minimum atomic E-state index is -1.37. The molecule has 0 saturated carbocycles. The number of rotatable bonds is 4. The minimum absolute atomic E-state index is 0.331. The molecule has 1 heterocycles. The molecule has 1 aliphatic rings. The van der Waals surface area contributed by atoms with Gasteiger partial charge in [-0.25, -0.2) is 9.59 Å². The van der Waals surface area contributed by atoms with E-state index in [9.17, 15) is 9.59 Å². The van der Waals surface area contributed by atoms with Gasteiger partial charge in [-0.05, 0) is 6.04 Å². The van der Waals surface area contributed by atoms with Gasteiger partial charge in [-0.1, -0.05) is 26.2 Å². The van der Waals surface area contributed by atoms with Gasteiger partial charge in [-0.3, -0.25) is 0 Å². The van der Waals surface area contributed by atoms with Crippen LogP contribution in [0.15, 0.2) is 12.2 Å². The van der Waals surface area contributed by atoms with E-state index in [-0.39, 0.29) is 0 Å². The molecule has 0 aromatic carbocycles. The van der Waals surface area contributed by atoms with Gasteiger partial charge in [0.05, 0.1) is 6.61 Å². The molecule has 0 bridgehead atoms. The quantitative estimate of drug-likeness (QED) is 0.428. The molecule has 5 heteroatoms. The smallest absolute Gasteiger partial charge is 0.347 e. The molecule has 16 heavy (non-hydrogen) atoms. The van der Waals surface area contributed by atoms with Crippen LogP contribution < -0.4 is 0 Å². The van der Waals surface area contributed by atoms with Crippen LogP contribution in [0.3, 0.4) is 0 Å². The Morgan fingerprint density at radius 3 is 2.62 bits per heavy atom. The fraction of sp³-hybridized carbons (Fsp3) is 0.636. The maximum Gasteiger partial charge on any atom is 0.347 e. The lowest BCUT2D eigenvalue weighted by atomic mass is 10.3. The Morgan fingerprint density at radius 2 is 2.19 bits per heavy atom. The van der Waals surface area contributed by atoms with E-state index in [4.69, 9.17) is 9.47 Å². The maximum absolute atomic E-state index is 11.6. The highest BCUT2D eigenvalue weighted by Gasteiger charge is 2.31. The van der Waals surface area contributed by atoms with E-state index in [0.29, 0.717) is 24.6 Å². The fourth-order valence-electron chi connectivity index (χ4n) is 1.51. The van der Waals surface area contributed by atoms with E-state index in [1.165, 1.54) is 0 Å². The number of hydrogen-bond acceptors (Lipinski definition) is 4. The van der Waals surface area contributed by atoms with Crippen molar-refractivity contribution in [1.82, 2.24) is 0 Å². The lowest BCUT2D eigenvalue weighted by Crippen LogP contribution is -2.27. The molecule has 0 radical (unpaired) electrons. The largest absolute Gasteiger partial charge is 0.463 e. The number of hydrogen-bond donors (Lipinski definition) is 0. The summed E-state index contributed by atoms with van der Waals surface area (Å²) in [5.41, 5.74) is 0.457. The van der Waals surface area contributed by atoms with E-state index in [0.717, 1.165) is 0 Å². The second-order valence-corrected chi connectivity index (χ2v) is 10.7. The normalized spacial score (nSPS) is 20.4. The van der Waals surface area contributed by atoms with E-state index in [1.54, 1.807) is 0 Å². The average Bonchev–Trinajstić information content (AvgIpc) is 2.49. The summed E-state index contributed by atoms with van der Waals surface area (Å²) in [5.74, 6) is -0.916. The summed E-state index contributed by atoms with van der Waals surface area (Å²) in [5, 5.41) is 0. The zero-order valence-corrected chi connectivity index (χ0v) is 11.0. The highest BCUT2D eigenvalue weighted by atomic mass is 28.3. The van der Waals surface area contributed by atoms with Gasteiger partial charge in [0.15, 0.2) is 0 Å². The van der Waals surface area contributed by atoms with E-state index >= 15 is 0 Å². The predicted molar refractivity (Wildman–Crippen MR) is 62.7 cm³/mol. The Hall–Kier alpha value is -1.10. The van der Waals surface area contributed by atoms with E-state index < -0.39 is 26.1 Å². The summed E-state index contributed by atoms with van der Waals surface area (Å²) in [6.07, 6.45) is -0.281. The molecule has 4 nitrogen and oxygen atoms in total. The summed E-state index contributed by atoms with van der Waals surface area (Å²) >= 11 is 0. The molecule has 0 N–H and O–H groups in total. The molecule has 0 aliphatic carbocycles. The monoisotopic (exact) mass is 242 g/mol. The van der Waals surface area contributed by atoms with Crippen LogP contribution in [0.1, 0.15) is 6.42 Å². The molecular formula is C11H18O4Si. The summed E-state index contributed by atoms with van der Waals surface area (Å²) in [7, 11) is -1.37. The van der Waals surface area contributed by atoms with Gasteiger partial charge in [-0.15, -0.1) is 0 Å². The lowest BCUT2D eigenvalue weighted by Gasteiger charge is -2.17. The van der Waals surface area contributed by atoms with Crippen molar-refractivity contribution >= 4 is 20.0 Å². The van der Waals surface area contributed by atoms with Crippen LogP contribution in [0.25, 0.3) is 0 Å². The molecule has 0 aromatic rings. The van der Waals surface area contributed by atoms with Crippen molar-refractivity contribution in [2.75, 3.05) is 6.61 Å². The minimum Gasteiger partial charge on any atom is -0.463 e. The maximum atomic E-state index is 11.6. The summed E-state index contributed by atoms with van der Waals surface area (Å²) in [4.78, 5) is 22.7. The third kappa shape index (κ3) is 3.81. The zero-order chi connectivity index (χ0) is 12.3. The standard InChI is InChI=1S/C11H18O4Si/c1-8(7-16(2,3)4)10(12)15-9-5-6-14-11(9)13/h9H,1,5-7H2,2-4H3. The predicted octanol–water partition coefficient (Wildman–Crippen LogP) is 1.74. The molecule has 0 amide bonds. The molecular weight excluding hydrogens is 224 g/mol. The first kappa shape index (κ1) is 13.0. The number of carbonyl (C=O) groups is 2. The number of ether oxygens (including phenoxy) is 2. The first-order valence-corrected chi connectivity index (χ1v) is 9.06. The highest BCUT2D eigenvalue weighted by Crippen LogP contribution is 2.18. The summed E-state index contributed by atoms with van der Waals surface area (Å²) in [6.45, 7) is 10.5.